The van der Waals surface area contributed by atoms with Gasteiger partial charge in [-0.25, -0.2) is 0 Å². The summed E-state index contributed by atoms with van der Waals surface area (Å²) in [5.74, 6) is -10.4. The zero-order chi connectivity index (χ0) is 28.5. The van der Waals surface area contributed by atoms with Crippen molar-refractivity contribution in [1.82, 2.24) is 4.90 Å². The molecule has 0 radical (unpaired) electrons. The first kappa shape index (κ1) is 28.1. The van der Waals surface area contributed by atoms with Gasteiger partial charge in [0.15, 0.2) is 17.2 Å². The Hall–Kier alpha value is -2.48. The first-order valence-corrected chi connectivity index (χ1v) is 14.5. The molecule has 0 spiro atoms. The fourth-order valence-corrected chi connectivity index (χ4v) is 9.29. The van der Waals surface area contributed by atoms with Gasteiger partial charge in [0.1, 0.15) is 28.4 Å². The zero-order valence-corrected chi connectivity index (χ0v) is 22.5. The van der Waals surface area contributed by atoms with Crippen LogP contribution in [0.5, 0.6) is 5.75 Å². The smallest absolute Gasteiger partial charge is 0.230 e. The molecule has 3 unspecified atom stereocenters. The molecule has 12 heteroatoms. The number of phenols is 1. The summed E-state index contributed by atoms with van der Waals surface area (Å²) < 4.78 is 13.5. The number of fused-ring (bicyclic) bond motifs is 3. The van der Waals surface area contributed by atoms with Crippen LogP contribution >= 0.6 is 0 Å². The highest BCUT2D eigenvalue weighted by Crippen LogP contribution is 2.56. The fraction of sp³-hybridized carbons (Fsp3) is 0.593. The van der Waals surface area contributed by atoms with E-state index in [1.165, 1.54) is 31.1 Å². The van der Waals surface area contributed by atoms with Gasteiger partial charge in [0.2, 0.25) is 5.91 Å². The summed E-state index contributed by atoms with van der Waals surface area (Å²) in [6.07, 6.45) is 0.0106. The second-order valence-corrected chi connectivity index (χ2v) is 13.2. The average molecular weight is 563 g/mol. The SMILES string of the molecule is CN(C)[C@@H]1C(O)C(C(N)=O)C(=O)[C@@]2(O)C(O)=C3C(=O)c4c(O)cccc4[C@H](C[S+]([O-])C4CCCC4)[C@H]3[C@H](O)[C@@H]12. The first-order chi connectivity index (χ1) is 18.3. The van der Waals surface area contributed by atoms with Gasteiger partial charge in [-0.15, -0.1) is 0 Å². The summed E-state index contributed by atoms with van der Waals surface area (Å²) in [5, 5.41) is 56.9. The van der Waals surface area contributed by atoms with E-state index in [9.17, 15) is 44.5 Å². The maximum absolute atomic E-state index is 13.8. The molecule has 1 amide bonds. The minimum absolute atomic E-state index is 0.00506. The van der Waals surface area contributed by atoms with E-state index in [1.54, 1.807) is 6.07 Å². The molecule has 2 saturated carbocycles. The van der Waals surface area contributed by atoms with Gasteiger partial charge in [-0.2, -0.15) is 0 Å². The summed E-state index contributed by atoms with van der Waals surface area (Å²) >= 11 is -1.38. The number of amides is 1. The number of rotatable bonds is 5. The molecule has 0 aliphatic heterocycles. The molecule has 7 N–H and O–H groups in total. The predicted octanol–water partition coefficient (Wildman–Crippen LogP) is -0.511. The van der Waals surface area contributed by atoms with Crippen molar-refractivity contribution in [3.63, 3.8) is 0 Å². The third-order valence-corrected chi connectivity index (χ3v) is 11.1. The van der Waals surface area contributed by atoms with Crippen LogP contribution in [0.2, 0.25) is 0 Å². The van der Waals surface area contributed by atoms with E-state index in [4.69, 9.17) is 5.73 Å². The second kappa shape index (κ2) is 9.86. The molecule has 212 valence electrons. The molecule has 0 heterocycles. The Labute approximate surface area is 228 Å². The van der Waals surface area contributed by atoms with Crippen LogP contribution in [-0.2, 0) is 20.8 Å². The number of hydrogen-bond acceptors (Lipinski definition) is 10. The Morgan fingerprint density at radius 3 is 2.38 bits per heavy atom. The second-order valence-electron chi connectivity index (χ2n) is 11.4. The van der Waals surface area contributed by atoms with Crippen molar-refractivity contribution in [2.45, 2.75) is 60.7 Å². The number of ketones is 2. The molecule has 0 bridgehead atoms. The summed E-state index contributed by atoms with van der Waals surface area (Å²) in [6.45, 7) is 0. The van der Waals surface area contributed by atoms with E-state index in [-0.39, 0.29) is 16.6 Å². The number of Topliss-reactive ketones (excluding diaryl/α,β-unsaturated/α-hetero) is 2. The number of nitrogens with two attached hydrogens (primary N) is 1. The maximum atomic E-state index is 13.8. The van der Waals surface area contributed by atoms with Crippen LogP contribution < -0.4 is 5.73 Å². The molecule has 0 saturated heterocycles. The van der Waals surface area contributed by atoms with Gasteiger partial charge >= 0.3 is 0 Å². The van der Waals surface area contributed by atoms with E-state index in [1.807, 2.05) is 0 Å². The normalized spacial score (nSPS) is 37.5. The maximum Gasteiger partial charge on any atom is 0.230 e. The van der Waals surface area contributed by atoms with Crippen LogP contribution in [0, 0.1) is 17.8 Å². The van der Waals surface area contributed by atoms with E-state index in [2.05, 4.69) is 0 Å². The van der Waals surface area contributed by atoms with Crippen LogP contribution in [-0.4, -0.2) is 101 Å². The number of benzene rings is 1. The topological polar surface area (TPSA) is 205 Å². The first-order valence-electron chi connectivity index (χ1n) is 13.1. The lowest BCUT2D eigenvalue weighted by atomic mass is 9.53. The van der Waals surface area contributed by atoms with Crippen LogP contribution in [0.25, 0.3) is 0 Å². The van der Waals surface area contributed by atoms with Crippen molar-refractivity contribution in [3.05, 3.63) is 40.7 Å². The Kier molecular flexibility index (Phi) is 7.09. The highest BCUT2D eigenvalue weighted by Gasteiger charge is 2.70. The molecule has 5 rings (SSSR count). The highest BCUT2D eigenvalue weighted by atomic mass is 32.2. The standard InChI is InChI=1S/C27H34N2O9S/c1-29(2)20-19-22(32)16-13(10-39(38)11-6-3-4-7-11)12-8-5-9-14(30)15(12)21(31)17(16)24(34)27(19,37)25(35)18(23(20)33)26(28)36/h5,8-9,11,13,16,18-20,22-23,30,32-34,37H,3-4,6-7,10H2,1-2H3,(H2,28,36)/t13-,16+,18?,19+,20-,22-,23?,27-,39?/m0/s1. The third-order valence-electron chi connectivity index (χ3n) is 9.19. The minimum atomic E-state index is -2.92. The number of aromatic hydroxyl groups is 1. The number of aliphatic hydroxyl groups excluding tert-OH is 3. The van der Waals surface area contributed by atoms with Gasteiger partial charge in [-0.1, -0.05) is 23.3 Å². The Morgan fingerprint density at radius 1 is 1.15 bits per heavy atom. The molecule has 4 aliphatic carbocycles. The third kappa shape index (κ3) is 3.95. The average Bonchev–Trinajstić information content (AvgIpc) is 3.40. The number of nitrogens with zero attached hydrogens (tertiary/aromatic N) is 1. The van der Waals surface area contributed by atoms with E-state index >= 15 is 0 Å². The fourth-order valence-electron chi connectivity index (χ4n) is 7.42. The molecule has 1 aromatic rings. The van der Waals surface area contributed by atoms with Crippen LogP contribution in [0.4, 0.5) is 0 Å². The highest BCUT2D eigenvalue weighted by molar-refractivity contribution is 7.92. The molecular weight excluding hydrogens is 528 g/mol. The molecule has 0 aromatic heterocycles. The predicted molar refractivity (Wildman–Crippen MR) is 139 cm³/mol. The van der Waals surface area contributed by atoms with Crippen molar-refractivity contribution in [3.8, 4) is 5.75 Å². The quantitative estimate of drug-likeness (QED) is 0.200. The number of phenolic OH excluding ortho intramolecular Hbond substituents is 1. The number of carbonyl (C=O) groups is 3. The zero-order valence-electron chi connectivity index (χ0n) is 21.7. The van der Waals surface area contributed by atoms with Crippen molar-refractivity contribution in [2.75, 3.05) is 19.8 Å². The lowest BCUT2D eigenvalue weighted by Crippen LogP contribution is -2.74. The Morgan fingerprint density at radius 2 is 1.79 bits per heavy atom. The van der Waals surface area contributed by atoms with Gasteiger partial charge < -0.3 is 40.7 Å². The minimum Gasteiger partial charge on any atom is -0.616 e. The van der Waals surface area contributed by atoms with E-state index in [0.717, 1.165) is 25.7 Å². The molecule has 1 aromatic carbocycles. The number of aliphatic hydroxyl groups is 4. The molecular formula is C27H34N2O9S. The van der Waals surface area contributed by atoms with Crippen molar-refractivity contribution >= 4 is 28.6 Å². The largest absolute Gasteiger partial charge is 0.616 e. The molecule has 9 atom stereocenters. The lowest BCUT2D eigenvalue weighted by molar-refractivity contribution is -0.194. The monoisotopic (exact) mass is 562 g/mol. The van der Waals surface area contributed by atoms with Crippen LogP contribution in [0.15, 0.2) is 29.5 Å². The summed E-state index contributed by atoms with van der Waals surface area (Å²) in [6, 6.07) is 3.17. The molecule has 39 heavy (non-hydrogen) atoms. The van der Waals surface area contributed by atoms with Gasteiger partial charge in [-0.3, -0.25) is 14.4 Å². The van der Waals surface area contributed by atoms with Crippen LogP contribution in [0.3, 0.4) is 0 Å². The van der Waals surface area contributed by atoms with Gasteiger partial charge in [0, 0.05) is 29.4 Å². The van der Waals surface area contributed by atoms with Crippen molar-refractivity contribution in [2.24, 2.45) is 23.5 Å². The van der Waals surface area contributed by atoms with Crippen molar-refractivity contribution in [1.29, 1.82) is 0 Å². The summed E-state index contributed by atoms with van der Waals surface area (Å²) in [5.41, 5.74) is 2.18. The summed E-state index contributed by atoms with van der Waals surface area (Å²) in [4.78, 5) is 41.0. The van der Waals surface area contributed by atoms with Gasteiger partial charge in [0.05, 0.1) is 17.8 Å². The van der Waals surface area contributed by atoms with Crippen LogP contribution in [0.1, 0.15) is 47.5 Å². The number of primary amides is 1. The lowest BCUT2D eigenvalue weighted by Gasteiger charge is -2.56. The Bertz CT molecular complexity index is 1250. The molecule has 2 fully saturated rings. The van der Waals surface area contributed by atoms with E-state index < -0.39 is 93.3 Å². The van der Waals surface area contributed by atoms with Gasteiger partial charge in [-0.05, 0) is 51.4 Å². The molecule has 11 nitrogen and oxygen atoms in total. The Balaban J connectivity index is 1.74. The number of hydrogen-bond donors (Lipinski definition) is 6. The van der Waals surface area contributed by atoms with E-state index in [0.29, 0.717) is 5.56 Å². The van der Waals surface area contributed by atoms with Crippen molar-refractivity contribution < 1.29 is 44.5 Å². The number of carbonyl (C=O) groups excluding carboxylic acids is 3. The number of likely N-dealkylation sites (N-methyl/N-ethyl adjacent to an activating group) is 1. The molecule has 4 aliphatic rings. The van der Waals surface area contributed by atoms with Gasteiger partial charge in [0.25, 0.3) is 0 Å². The summed E-state index contributed by atoms with van der Waals surface area (Å²) in [7, 11) is 3.02.